The second kappa shape index (κ2) is 4.51. The van der Waals surface area contributed by atoms with Gasteiger partial charge in [0.15, 0.2) is 5.65 Å². The van der Waals surface area contributed by atoms with E-state index in [1.54, 1.807) is 6.20 Å². The van der Waals surface area contributed by atoms with Gasteiger partial charge in [0, 0.05) is 30.8 Å². The number of nitrogens with one attached hydrogen (secondary N) is 1. The largest absolute Gasteiger partial charge is 0.341 e. The lowest BCUT2D eigenvalue weighted by Gasteiger charge is -1.95. The van der Waals surface area contributed by atoms with E-state index in [9.17, 15) is 17.6 Å². The Morgan fingerprint density at radius 3 is 2.72 bits per heavy atom. The van der Waals surface area contributed by atoms with Gasteiger partial charge in [-0.05, 0) is 15.9 Å². The summed E-state index contributed by atoms with van der Waals surface area (Å²) < 4.78 is 37.3. The van der Waals surface area contributed by atoms with Crippen molar-refractivity contribution in [1.29, 1.82) is 0 Å². The second-order valence-electron chi connectivity index (χ2n) is 4.04. The van der Waals surface area contributed by atoms with Crippen molar-refractivity contribution >= 4 is 31.4 Å². The number of pyridine rings is 1. The van der Waals surface area contributed by atoms with Crippen LogP contribution < -0.4 is 5.43 Å². The molecule has 2 aromatic rings. The molecule has 0 saturated carbocycles. The molecule has 0 spiro atoms. The number of halogens is 2. The van der Waals surface area contributed by atoms with Gasteiger partial charge in [0.25, 0.3) is 0 Å². The zero-order valence-electron chi connectivity index (χ0n) is 9.41. The van der Waals surface area contributed by atoms with Crippen molar-refractivity contribution in [2.24, 2.45) is 0 Å². The van der Waals surface area contributed by atoms with Gasteiger partial charge in [0.2, 0.25) is 11.2 Å². The number of aromatic nitrogens is 2. The predicted molar refractivity (Wildman–Crippen MR) is 69.1 cm³/mol. The van der Waals surface area contributed by atoms with E-state index in [2.05, 4.69) is 20.9 Å². The molecule has 0 saturated heterocycles. The maximum atomic E-state index is 13.6. The summed E-state index contributed by atoms with van der Waals surface area (Å²) in [5.74, 6) is -0.928. The topological polar surface area (TPSA) is 71.4 Å². The first-order valence-corrected chi connectivity index (χ1v) is 7.89. The van der Waals surface area contributed by atoms with E-state index < -0.39 is 21.1 Å². The van der Waals surface area contributed by atoms with Gasteiger partial charge in [0.1, 0.15) is 9.84 Å². The van der Waals surface area contributed by atoms with Crippen LogP contribution in [0.25, 0.3) is 5.65 Å². The van der Waals surface area contributed by atoms with E-state index in [0.717, 1.165) is 6.26 Å². The highest BCUT2D eigenvalue weighted by Crippen LogP contribution is 2.12. The van der Waals surface area contributed by atoms with E-state index in [1.165, 1.54) is 10.6 Å². The van der Waals surface area contributed by atoms with Crippen LogP contribution in [0.4, 0.5) is 4.39 Å². The van der Waals surface area contributed by atoms with Gasteiger partial charge >= 0.3 is 0 Å². The summed E-state index contributed by atoms with van der Waals surface area (Å²) in [5.41, 5.74) is -0.143. The molecule has 5 nitrogen and oxygen atoms in total. The maximum absolute atomic E-state index is 13.6. The van der Waals surface area contributed by atoms with Crippen LogP contribution in [0.2, 0.25) is 0 Å². The summed E-state index contributed by atoms with van der Waals surface area (Å²) in [4.78, 5) is 14.1. The van der Waals surface area contributed by atoms with Gasteiger partial charge in [-0.2, -0.15) is 4.39 Å². The quantitative estimate of drug-likeness (QED) is 0.912. The van der Waals surface area contributed by atoms with E-state index in [1.807, 2.05) is 0 Å². The monoisotopic (exact) mass is 336 g/mol. The van der Waals surface area contributed by atoms with E-state index in [0.29, 0.717) is 5.69 Å². The fraction of sp³-hybridized carbons (Fsp3) is 0.300. The molecule has 0 aromatic carbocycles. The molecule has 8 heteroatoms. The number of hydrogen-bond acceptors (Lipinski definition) is 3. The average Bonchev–Trinajstić information content (AvgIpc) is 2.66. The first-order chi connectivity index (χ1) is 8.28. The van der Waals surface area contributed by atoms with Gasteiger partial charge in [-0.25, -0.2) is 8.42 Å². The zero-order chi connectivity index (χ0) is 13.5. The Kier molecular flexibility index (Phi) is 3.33. The predicted octanol–water partition coefficient (Wildman–Crippen LogP) is 1.12. The van der Waals surface area contributed by atoms with Gasteiger partial charge < -0.3 is 9.38 Å². The van der Waals surface area contributed by atoms with Crippen molar-refractivity contribution in [2.75, 3.05) is 12.0 Å². The minimum absolute atomic E-state index is 0.0340. The fourth-order valence-corrected chi connectivity index (χ4v) is 2.55. The molecule has 0 aliphatic rings. The third kappa shape index (κ3) is 2.64. The fourth-order valence-electron chi connectivity index (χ4n) is 1.57. The Morgan fingerprint density at radius 2 is 2.11 bits per heavy atom. The van der Waals surface area contributed by atoms with Crippen LogP contribution in [0.1, 0.15) is 5.69 Å². The molecule has 0 aliphatic carbocycles. The van der Waals surface area contributed by atoms with Gasteiger partial charge in [-0.1, -0.05) is 0 Å². The molecule has 0 fully saturated rings. The van der Waals surface area contributed by atoms with Crippen LogP contribution >= 0.6 is 15.9 Å². The lowest BCUT2D eigenvalue weighted by Crippen LogP contribution is -2.09. The van der Waals surface area contributed by atoms with Crippen LogP contribution in [0.5, 0.6) is 0 Å². The number of aromatic amines is 1. The van der Waals surface area contributed by atoms with Crippen molar-refractivity contribution in [3.8, 4) is 0 Å². The zero-order valence-corrected chi connectivity index (χ0v) is 11.8. The first-order valence-electron chi connectivity index (χ1n) is 5.03. The molecule has 0 bridgehead atoms. The minimum atomic E-state index is -3.08. The number of sulfone groups is 1. The summed E-state index contributed by atoms with van der Waals surface area (Å²) in [6.45, 7) is 0. The Labute approximate surface area is 111 Å². The average molecular weight is 337 g/mol. The number of nitrogens with zero attached hydrogens (tertiary/aromatic N) is 1. The number of rotatable bonds is 3. The smallest absolute Gasteiger partial charge is 0.233 e. The maximum Gasteiger partial charge on any atom is 0.233 e. The third-order valence-corrected chi connectivity index (χ3v) is 3.96. The summed E-state index contributed by atoms with van der Waals surface area (Å²) in [5, 5.41) is 0. The highest BCUT2D eigenvalue weighted by molar-refractivity contribution is 9.10. The number of H-pyrrole nitrogens is 1. The molecule has 2 rings (SSSR count). The summed E-state index contributed by atoms with van der Waals surface area (Å²) >= 11 is 2.96. The lowest BCUT2D eigenvalue weighted by atomic mass is 10.4. The molecule has 0 amide bonds. The van der Waals surface area contributed by atoms with E-state index >= 15 is 0 Å². The SMILES string of the molecule is CS(=O)(=O)CCc1cn2cc(Br)c(=O)c(F)c2[nH]1. The molecule has 2 aromatic heterocycles. The summed E-state index contributed by atoms with van der Waals surface area (Å²) in [6.07, 6.45) is 4.37. The van der Waals surface area contributed by atoms with E-state index in [4.69, 9.17) is 0 Å². The number of fused-ring (bicyclic) bond motifs is 1. The second-order valence-corrected chi connectivity index (χ2v) is 7.15. The van der Waals surface area contributed by atoms with Crippen LogP contribution in [0.3, 0.4) is 0 Å². The van der Waals surface area contributed by atoms with Crippen LogP contribution in [-0.2, 0) is 16.3 Å². The normalized spacial score (nSPS) is 12.2. The minimum Gasteiger partial charge on any atom is -0.341 e. The molecular formula is C10H10BrFN2O3S. The van der Waals surface area contributed by atoms with Crippen LogP contribution in [0, 0.1) is 5.82 Å². The van der Waals surface area contributed by atoms with Crippen molar-refractivity contribution in [2.45, 2.75) is 6.42 Å². The van der Waals surface area contributed by atoms with Gasteiger partial charge in [-0.3, -0.25) is 4.79 Å². The Balaban J connectivity index is 2.45. The van der Waals surface area contributed by atoms with Gasteiger partial charge in [-0.15, -0.1) is 0 Å². The third-order valence-electron chi connectivity index (χ3n) is 2.45. The molecule has 98 valence electrons. The Hall–Kier alpha value is -1.15. The highest BCUT2D eigenvalue weighted by atomic mass is 79.9. The summed E-state index contributed by atoms with van der Waals surface area (Å²) in [6, 6.07) is 0. The lowest BCUT2D eigenvalue weighted by molar-refractivity contribution is 0.601. The van der Waals surface area contributed by atoms with Crippen LogP contribution in [0.15, 0.2) is 21.7 Å². The molecular weight excluding hydrogens is 327 g/mol. The molecule has 0 atom stereocenters. The molecule has 0 unspecified atom stereocenters. The number of aryl methyl sites for hydroxylation is 1. The Bertz CT molecular complexity index is 763. The van der Waals surface area contributed by atoms with Crippen LogP contribution in [-0.4, -0.2) is 29.8 Å². The van der Waals surface area contributed by atoms with E-state index in [-0.39, 0.29) is 22.3 Å². The van der Waals surface area contributed by atoms with Gasteiger partial charge in [0.05, 0.1) is 10.2 Å². The molecule has 2 heterocycles. The number of hydrogen-bond donors (Lipinski definition) is 1. The number of imidazole rings is 1. The van der Waals surface area contributed by atoms with Crippen molar-refractivity contribution < 1.29 is 12.8 Å². The van der Waals surface area contributed by atoms with Crippen molar-refractivity contribution in [3.63, 3.8) is 0 Å². The van der Waals surface area contributed by atoms with Crippen molar-refractivity contribution in [3.05, 3.63) is 38.6 Å². The molecule has 18 heavy (non-hydrogen) atoms. The Morgan fingerprint density at radius 1 is 1.44 bits per heavy atom. The molecule has 0 aliphatic heterocycles. The van der Waals surface area contributed by atoms with Crippen molar-refractivity contribution in [1.82, 2.24) is 9.38 Å². The molecule has 0 radical (unpaired) electrons. The highest BCUT2D eigenvalue weighted by Gasteiger charge is 2.12. The summed E-state index contributed by atoms with van der Waals surface area (Å²) in [7, 11) is -3.08. The molecule has 1 N–H and O–H groups in total. The first kappa shape index (κ1) is 13.3. The standard InChI is InChI=1S/C10H10BrFN2O3S/c1-18(16,17)3-2-6-4-14-5-7(11)9(15)8(12)10(14)13-6/h4-5,13H,2-3H2,1H3.